The largest absolute Gasteiger partial charge is 0.455 e. The predicted octanol–water partition coefficient (Wildman–Crippen LogP) is 0.893. The summed E-state index contributed by atoms with van der Waals surface area (Å²) >= 11 is 0. The lowest BCUT2D eigenvalue weighted by Crippen LogP contribution is -2.29. The van der Waals surface area contributed by atoms with Crippen LogP contribution in [-0.4, -0.2) is 25.2 Å². The molecule has 0 fully saturated rings. The molecule has 16 heavy (non-hydrogen) atoms. The monoisotopic (exact) mass is 226 g/mol. The lowest BCUT2D eigenvalue weighted by molar-refractivity contribution is 0.0971. The average Bonchev–Trinajstić information content (AvgIpc) is 2.72. The van der Waals surface area contributed by atoms with E-state index in [0.717, 1.165) is 0 Å². The predicted molar refractivity (Wildman–Crippen MR) is 60.0 cm³/mol. The molecule has 5 heteroatoms. The highest BCUT2D eigenvalue weighted by Gasteiger charge is 2.08. The van der Waals surface area contributed by atoms with Crippen LogP contribution >= 0.6 is 0 Å². The van der Waals surface area contributed by atoms with Crippen LogP contribution in [0.25, 0.3) is 0 Å². The van der Waals surface area contributed by atoms with Gasteiger partial charge in [0.05, 0.1) is 13.2 Å². The molecule has 1 aromatic rings. The van der Waals surface area contributed by atoms with Gasteiger partial charge in [-0.25, -0.2) is 0 Å². The van der Waals surface area contributed by atoms with Gasteiger partial charge in [-0.1, -0.05) is 0 Å². The van der Waals surface area contributed by atoms with Gasteiger partial charge in [0.1, 0.15) is 5.76 Å². The first-order valence-electron chi connectivity index (χ1n) is 5.33. The minimum atomic E-state index is -0.548. The van der Waals surface area contributed by atoms with Gasteiger partial charge in [0.15, 0.2) is 5.76 Å². The first-order chi connectivity index (χ1) is 7.63. The van der Waals surface area contributed by atoms with Gasteiger partial charge in [0.25, 0.3) is 5.91 Å². The number of hydrogen-bond donors (Lipinski definition) is 2. The van der Waals surface area contributed by atoms with E-state index in [1.165, 1.54) is 0 Å². The molecule has 1 rings (SSSR count). The highest BCUT2D eigenvalue weighted by Crippen LogP contribution is 2.06. The van der Waals surface area contributed by atoms with E-state index in [1.807, 2.05) is 13.8 Å². The van der Waals surface area contributed by atoms with Gasteiger partial charge in [-0.2, -0.15) is 0 Å². The fourth-order valence-corrected chi connectivity index (χ4v) is 1.23. The van der Waals surface area contributed by atoms with Crippen molar-refractivity contribution in [1.82, 2.24) is 5.32 Å². The van der Waals surface area contributed by atoms with Gasteiger partial charge in [0, 0.05) is 12.6 Å². The summed E-state index contributed by atoms with van der Waals surface area (Å²) in [5, 5.41) is 3.22. The molecule has 0 radical (unpaired) electrons. The van der Waals surface area contributed by atoms with Crippen LogP contribution in [0.4, 0.5) is 0 Å². The smallest absolute Gasteiger partial charge is 0.284 e. The van der Waals surface area contributed by atoms with Crippen LogP contribution in [0.2, 0.25) is 0 Å². The number of hydrogen-bond acceptors (Lipinski definition) is 4. The number of furan rings is 1. The van der Waals surface area contributed by atoms with E-state index in [2.05, 4.69) is 5.32 Å². The summed E-state index contributed by atoms with van der Waals surface area (Å²) in [5.74, 6) is 0.333. The molecule has 0 aliphatic heterocycles. The van der Waals surface area contributed by atoms with Crippen molar-refractivity contribution in [3.05, 3.63) is 23.7 Å². The minimum absolute atomic E-state index is 0.189. The Morgan fingerprint density at radius 1 is 1.62 bits per heavy atom. The molecule has 3 N–H and O–H groups in total. The van der Waals surface area contributed by atoms with Crippen LogP contribution in [-0.2, 0) is 11.3 Å². The van der Waals surface area contributed by atoms with Gasteiger partial charge < -0.3 is 20.2 Å². The van der Waals surface area contributed by atoms with Crippen molar-refractivity contribution >= 4 is 5.91 Å². The third-order valence-electron chi connectivity index (χ3n) is 2.10. The molecule has 1 aromatic heterocycles. The van der Waals surface area contributed by atoms with Crippen molar-refractivity contribution < 1.29 is 13.9 Å². The molecular weight excluding hydrogens is 208 g/mol. The summed E-state index contributed by atoms with van der Waals surface area (Å²) in [5.41, 5.74) is 5.08. The standard InChI is InChI=1S/C11H18N2O3/c1-3-15-7-8(2)13-6-9-4-5-10(16-9)11(12)14/h4-5,8,13H,3,6-7H2,1-2H3,(H2,12,14). The van der Waals surface area contributed by atoms with Crippen LogP contribution in [0.5, 0.6) is 0 Å². The van der Waals surface area contributed by atoms with Crippen molar-refractivity contribution in [2.24, 2.45) is 5.73 Å². The number of rotatable bonds is 7. The highest BCUT2D eigenvalue weighted by atomic mass is 16.5. The zero-order chi connectivity index (χ0) is 12.0. The number of carbonyl (C=O) groups excluding carboxylic acids is 1. The van der Waals surface area contributed by atoms with Crippen molar-refractivity contribution in [2.45, 2.75) is 26.4 Å². The van der Waals surface area contributed by atoms with E-state index >= 15 is 0 Å². The lowest BCUT2D eigenvalue weighted by Gasteiger charge is -2.12. The molecule has 1 heterocycles. The molecule has 0 bridgehead atoms. The molecule has 1 atom stereocenters. The van der Waals surface area contributed by atoms with E-state index in [9.17, 15) is 4.79 Å². The summed E-state index contributed by atoms with van der Waals surface area (Å²) in [4.78, 5) is 10.8. The molecule has 0 saturated carbocycles. The quantitative estimate of drug-likeness (QED) is 0.724. The number of carbonyl (C=O) groups is 1. The van der Waals surface area contributed by atoms with Gasteiger partial charge >= 0.3 is 0 Å². The second-order valence-electron chi connectivity index (χ2n) is 3.57. The van der Waals surface area contributed by atoms with Crippen molar-refractivity contribution in [3.63, 3.8) is 0 Å². The van der Waals surface area contributed by atoms with E-state index in [4.69, 9.17) is 14.9 Å². The summed E-state index contributed by atoms with van der Waals surface area (Å²) in [7, 11) is 0. The summed E-state index contributed by atoms with van der Waals surface area (Å²) in [6, 6.07) is 3.55. The molecule has 5 nitrogen and oxygen atoms in total. The molecule has 0 aliphatic rings. The van der Waals surface area contributed by atoms with E-state index in [-0.39, 0.29) is 11.8 Å². The van der Waals surface area contributed by atoms with E-state index in [1.54, 1.807) is 12.1 Å². The van der Waals surface area contributed by atoms with Crippen LogP contribution in [0.15, 0.2) is 16.5 Å². The summed E-state index contributed by atoms with van der Waals surface area (Å²) < 4.78 is 10.5. The maximum absolute atomic E-state index is 10.8. The Balaban J connectivity index is 2.33. The maximum Gasteiger partial charge on any atom is 0.284 e. The first kappa shape index (κ1) is 12.7. The zero-order valence-electron chi connectivity index (χ0n) is 9.66. The first-order valence-corrected chi connectivity index (χ1v) is 5.33. The Morgan fingerprint density at radius 2 is 2.38 bits per heavy atom. The van der Waals surface area contributed by atoms with Crippen molar-refractivity contribution in [1.29, 1.82) is 0 Å². The van der Waals surface area contributed by atoms with Gasteiger partial charge in [-0.15, -0.1) is 0 Å². The van der Waals surface area contributed by atoms with Gasteiger partial charge in [-0.3, -0.25) is 4.79 Å². The Morgan fingerprint density at radius 3 is 2.94 bits per heavy atom. The molecule has 0 aliphatic carbocycles. The fourth-order valence-electron chi connectivity index (χ4n) is 1.23. The Bertz CT molecular complexity index is 336. The van der Waals surface area contributed by atoms with Crippen LogP contribution in [0.3, 0.4) is 0 Å². The van der Waals surface area contributed by atoms with E-state index in [0.29, 0.717) is 25.5 Å². The molecule has 1 unspecified atom stereocenters. The summed E-state index contributed by atoms with van der Waals surface area (Å²) in [6.45, 7) is 5.89. The second-order valence-corrected chi connectivity index (χ2v) is 3.57. The molecular formula is C11H18N2O3. The van der Waals surface area contributed by atoms with Crippen LogP contribution in [0.1, 0.15) is 30.2 Å². The maximum atomic E-state index is 10.8. The van der Waals surface area contributed by atoms with Crippen molar-refractivity contribution in [2.75, 3.05) is 13.2 Å². The normalized spacial score (nSPS) is 12.6. The highest BCUT2D eigenvalue weighted by molar-refractivity contribution is 5.89. The molecule has 90 valence electrons. The SMILES string of the molecule is CCOCC(C)NCc1ccc(C(N)=O)o1. The number of nitrogens with two attached hydrogens (primary N) is 1. The Hall–Kier alpha value is -1.33. The number of ether oxygens (including phenoxy) is 1. The second kappa shape index (κ2) is 6.30. The Kier molecular flexibility index (Phi) is 5.01. The third kappa shape index (κ3) is 4.04. The molecule has 1 amide bonds. The zero-order valence-corrected chi connectivity index (χ0v) is 9.66. The third-order valence-corrected chi connectivity index (χ3v) is 2.10. The van der Waals surface area contributed by atoms with Gasteiger partial charge in [-0.05, 0) is 26.0 Å². The fraction of sp³-hybridized carbons (Fsp3) is 0.545. The van der Waals surface area contributed by atoms with Crippen LogP contribution < -0.4 is 11.1 Å². The average molecular weight is 226 g/mol. The van der Waals surface area contributed by atoms with Crippen molar-refractivity contribution in [3.8, 4) is 0 Å². The molecule has 0 saturated heterocycles. The summed E-state index contributed by atoms with van der Waals surface area (Å²) in [6.07, 6.45) is 0. The molecule has 0 aromatic carbocycles. The van der Waals surface area contributed by atoms with E-state index < -0.39 is 5.91 Å². The van der Waals surface area contributed by atoms with Crippen LogP contribution in [0, 0.1) is 0 Å². The number of nitrogens with one attached hydrogen (secondary N) is 1. The topological polar surface area (TPSA) is 77.5 Å². The van der Waals surface area contributed by atoms with Gasteiger partial charge in [0.2, 0.25) is 0 Å². The number of primary amides is 1. The Labute approximate surface area is 94.9 Å². The molecule has 0 spiro atoms. The number of amides is 1. The minimum Gasteiger partial charge on any atom is -0.455 e. The lowest BCUT2D eigenvalue weighted by atomic mass is 10.3.